The van der Waals surface area contributed by atoms with Gasteiger partial charge in [-0.1, -0.05) is 28.9 Å². The summed E-state index contributed by atoms with van der Waals surface area (Å²) in [6.45, 7) is 2.48. The van der Waals surface area contributed by atoms with Gasteiger partial charge in [0.25, 0.3) is 0 Å². The van der Waals surface area contributed by atoms with Crippen LogP contribution in [0, 0.1) is 6.92 Å². The first-order valence-electron chi connectivity index (χ1n) is 7.68. The predicted octanol–water partition coefficient (Wildman–Crippen LogP) is 3.80. The number of benzene rings is 1. The molecule has 0 unspecified atom stereocenters. The van der Waals surface area contributed by atoms with Crippen molar-refractivity contribution >= 4 is 23.6 Å². The summed E-state index contributed by atoms with van der Waals surface area (Å²) in [5.74, 6) is 1.07. The van der Waals surface area contributed by atoms with Gasteiger partial charge in [0.2, 0.25) is 11.8 Å². The normalized spacial score (nSPS) is 18.5. The molecule has 1 aromatic heterocycles. The van der Waals surface area contributed by atoms with Crippen LogP contribution in [-0.4, -0.2) is 27.5 Å². The molecule has 0 spiro atoms. The number of likely N-dealkylation sites (tertiary alicyclic amines) is 1. The molecule has 2 aromatic rings. The maximum atomic E-state index is 12.6. The molecular formula is C17H18ClN3O2. The quantitative estimate of drug-likeness (QED) is 0.803. The first-order chi connectivity index (χ1) is 11.1. The molecule has 3 rings (SSSR count). The van der Waals surface area contributed by atoms with Crippen molar-refractivity contribution in [2.24, 2.45) is 0 Å². The number of rotatable bonds is 3. The molecule has 2 heterocycles. The number of halogens is 1. The van der Waals surface area contributed by atoms with Crippen LogP contribution in [0.5, 0.6) is 0 Å². The number of hydrogen-bond acceptors (Lipinski definition) is 4. The zero-order valence-electron chi connectivity index (χ0n) is 12.9. The molecule has 0 radical (unpaired) electrons. The molecule has 0 bridgehead atoms. The second-order valence-electron chi connectivity index (χ2n) is 5.61. The highest BCUT2D eigenvalue weighted by atomic mass is 35.5. The minimum absolute atomic E-state index is 0.0412. The summed E-state index contributed by atoms with van der Waals surface area (Å²) in [4.78, 5) is 18.6. The Morgan fingerprint density at radius 1 is 1.35 bits per heavy atom. The van der Waals surface area contributed by atoms with E-state index in [0.717, 1.165) is 24.8 Å². The van der Waals surface area contributed by atoms with E-state index in [1.165, 1.54) is 0 Å². The zero-order chi connectivity index (χ0) is 16.2. The lowest BCUT2D eigenvalue weighted by molar-refractivity contribution is -0.130. The Hall–Kier alpha value is -2.14. The fourth-order valence-electron chi connectivity index (χ4n) is 2.74. The summed E-state index contributed by atoms with van der Waals surface area (Å²) < 4.78 is 5.27. The van der Waals surface area contributed by atoms with Gasteiger partial charge in [-0.25, -0.2) is 0 Å². The van der Waals surface area contributed by atoms with E-state index >= 15 is 0 Å². The number of amides is 1. The molecule has 1 aromatic carbocycles. The Labute approximate surface area is 139 Å². The maximum Gasteiger partial charge on any atom is 0.249 e. The fourth-order valence-corrected chi connectivity index (χ4v) is 2.86. The van der Waals surface area contributed by atoms with Crippen LogP contribution in [0.25, 0.3) is 6.08 Å². The van der Waals surface area contributed by atoms with Crippen molar-refractivity contribution in [1.29, 1.82) is 0 Å². The molecule has 0 aliphatic carbocycles. The van der Waals surface area contributed by atoms with Crippen LogP contribution >= 0.6 is 11.6 Å². The summed E-state index contributed by atoms with van der Waals surface area (Å²) in [5, 5.41) is 4.51. The molecule has 1 fully saturated rings. The zero-order valence-corrected chi connectivity index (χ0v) is 13.7. The Morgan fingerprint density at radius 2 is 2.13 bits per heavy atom. The van der Waals surface area contributed by atoms with Crippen LogP contribution in [0.4, 0.5) is 0 Å². The molecule has 120 valence electrons. The molecule has 1 atom stereocenters. The average molecular weight is 332 g/mol. The third kappa shape index (κ3) is 3.79. The van der Waals surface area contributed by atoms with Gasteiger partial charge in [0.05, 0.1) is 0 Å². The SMILES string of the molecule is Cc1noc([C@@H]2CCCCN2C(=O)/C=C/c2ccc(Cl)cc2)n1. The Bertz CT molecular complexity index is 709. The standard InChI is InChI=1S/C17H18ClN3O2/c1-12-19-17(23-20-12)15-4-2-3-11-21(15)16(22)10-7-13-5-8-14(18)9-6-13/h5-10,15H,2-4,11H2,1H3/b10-7+/t15-/m0/s1. The van der Waals surface area contributed by atoms with Crippen molar-refractivity contribution < 1.29 is 9.32 Å². The van der Waals surface area contributed by atoms with Crippen molar-refractivity contribution in [3.05, 3.63) is 52.6 Å². The van der Waals surface area contributed by atoms with Gasteiger partial charge in [0.15, 0.2) is 5.82 Å². The molecule has 1 saturated heterocycles. The highest BCUT2D eigenvalue weighted by Gasteiger charge is 2.30. The van der Waals surface area contributed by atoms with E-state index in [2.05, 4.69) is 10.1 Å². The van der Waals surface area contributed by atoms with Crippen molar-refractivity contribution in [3.8, 4) is 0 Å². The molecule has 23 heavy (non-hydrogen) atoms. The summed E-state index contributed by atoms with van der Waals surface area (Å²) in [6, 6.07) is 7.22. The van der Waals surface area contributed by atoms with E-state index in [-0.39, 0.29) is 11.9 Å². The van der Waals surface area contributed by atoms with Gasteiger partial charge >= 0.3 is 0 Å². The van der Waals surface area contributed by atoms with Crippen molar-refractivity contribution in [2.75, 3.05) is 6.54 Å². The van der Waals surface area contributed by atoms with E-state index in [4.69, 9.17) is 16.1 Å². The van der Waals surface area contributed by atoms with E-state index in [1.807, 2.05) is 17.0 Å². The Balaban J connectivity index is 1.74. The van der Waals surface area contributed by atoms with E-state index in [9.17, 15) is 4.79 Å². The lowest BCUT2D eigenvalue weighted by Crippen LogP contribution is -2.37. The lowest BCUT2D eigenvalue weighted by atomic mass is 10.0. The fraction of sp³-hybridized carbons (Fsp3) is 0.353. The lowest BCUT2D eigenvalue weighted by Gasteiger charge is -2.32. The summed E-state index contributed by atoms with van der Waals surface area (Å²) >= 11 is 5.86. The van der Waals surface area contributed by atoms with Crippen LogP contribution in [0.15, 0.2) is 34.9 Å². The monoisotopic (exact) mass is 331 g/mol. The van der Waals surface area contributed by atoms with Gasteiger partial charge in [-0.2, -0.15) is 4.98 Å². The van der Waals surface area contributed by atoms with Crippen LogP contribution in [-0.2, 0) is 4.79 Å². The first-order valence-corrected chi connectivity index (χ1v) is 8.06. The average Bonchev–Trinajstić information content (AvgIpc) is 3.00. The van der Waals surface area contributed by atoms with E-state index in [0.29, 0.717) is 23.3 Å². The first kappa shape index (κ1) is 15.7. The third-order valence-electron chi connectivity index (χ3n) is 3.90. The van der Waals surface area contributed by atoms with Crippen molar-refractivity contribution in [2.45, 2.75) is 32.2 Å². The van der Waals surface area contributed by atoms with Gasteiger partial charge in [-0.15, -0.1) is 0 Å². The second-order valence-corrected chi connectivity index (χ2v) is 6.04. The number of aryl methyl sites for hydroxylation is 1. The van der Waals surface area contributed by atoms with E-state index in [1.54, 1.807) is 31.2 Å². The maximum absolute atomic E-state index is 12.6. The molecule has 5 nitrogen and oxygen atoms in total. The Kier molecular flexibility index (Phi) is 4.76. The molecule has 1 amide bonds. The molecular weight excluding hydrogens is 314 g/mol. The van der Waals surface area contributed by atoms with Crippen molar-refractivity contribution in [3.63, 3.8) is 0 Å². The van der Waals surface area contributed by atoms with E-state index < -0.39 is 0 Å². The second kappa shape index (κ2) is 6.96. The topological polar surface area (TPSA) is 59.2 Å². The minimum Gasteiger partial charge on any atom is -0.337 e. The predicted molar refractivity (Wildman–Crippen MR) is 87.8 cm³/mol. The largest absolute Gasteiger partial charge is 0.337 e. The van der Waals surface area contributed by atoms with Crippen LogP contribution in [0.2, 0.25) is 5.02 Å². The molecule has 0 N–H and O–H groups in total. The third-order valence-corrected chi connectivity index (χ3v) is 4.15. The molecule has 1 aliphatic heterocycles. The number of nitrogens with zero attached hydrogens (tertiary/aromatic N) is 3. The number of carbonyl (C=O) groups excluding carboxylic acids is 1. The van der Waals surface area contributed by atoms with Crippen LogP contribution in [0.3, 0.4) is 0 Å². The van der Waals surface area contributed by atoms with Crippen molar-refractivity contribution in [1.82, 2.24) is 15.0 Å². The van der Waals surface area contributed by atoms with Crippen LogP contribution in [0.1, 0.15) is 42.6 Å². The van der Waals surface area contributed by atoms with Crippen LogP contribution < -0.4 is 0 Å². The highest BCUT2D eigenvalue weighted by Crippen LogP contribution is 2.30. The number of hydrogen-bond donors (Lipinski definition) is 0. The van der Waals surface area contributed by atoms with Gasteiger partial charge < -0.3 is 9.42 Å². The number of carbonyl (C=O) groups is 1. The summed E-state index contributed by atoms with van der Waals surface area (Å²) in [7, 11) is 0. The summed E-state index contributed by atoms with van der Waals surface area (Å²) in [6.07, 6.45) is 6.28. The molecule has 0 saturated carbocycles. The number of aromatic nitrogens is 2. The molecule has 1 aliphatic rings. The Morgan fingerprint density at radius 3 is 2.83 bits per heavy atom. The number of piperidine rings is 1. The van der Waals surface area contributed by atoms with Gasteiger partial charge in [-0.05, 0) is 50.0 Å². The molecule has 6 heteroatoms. The smallest absolute Gasteiger partial charge is 0.249 e. The summed E-state index contributed by atoms with van der Waals surface area (Å²) in [5.41, 5.74) is 0.935. The minimum atomic E-state index is -0.132. The van der Waals surface area contributed by atoms with Gasteiger partial charge in [-0.3, -0.25) is 4.79 Å². The van der Waals surface area contributed by atoms with Gasteiger partial charge in [0, 0.05) is 17.6 Å². The highest BCUT2D eigenvalue weighted by molar-refractivity contribution is 6.30. The van der Waals surface area contributed by atoms with Gasteiger partial charge in [0.1, 0.15) is 6.04 Å².